The van der Waals surface area contributed by atoms with Gasteiger partial charge in [-0.2, -0.15) is 0 Å². The molecule has 0 aliphatic heterocycles. The molecule has 1 aromatic rings. The largest absolute Gasteiger partial charge is 0.468 e. The molecule has 0 atom stereocenters. The van der Waals surface area contributed by atoms with Crippen molar-refractivity contribution in [1.82, 2.24) is 0 Å². The van der Waals surface area contributed by atoms with Crippen LogP contribution in [0.3, 0.4) is 0 Å². The predicted octanol–water partition coefficient (Wildman–Crippen LogP) is 1.36. The van der Waals surface area contributed by atoms with Crippen molar-refractivity contribution in [3.05, 3.63) is 35.6 Å². The van der Waals surface area contributed by atoms with Crippen LogP contribution in [0.15, 0.2) is 24.3 Å². The lowest BCUT2D eigenvalue weighted by atomic mass is 9.62. The summed E-state index contributed by atoms with van der Waals surface area (Å²) < 4.78 is 17.9. The van der Waals surface area contributed by atoms with Gasteiger partial charge < -0.3 is 10.5 Å². The van der Waals surface area contributed by atoms with Crippen LogP contribution in [0.4, 0.5) is 4.39 Å². The maximum Gasteiger partial charge on any atom is 0.316 e. The lowest BCUT2D eigenvalue weighted by Crippen LogP contribution is -2.54. The number of esters is 1. The molecule has 4 heteroatoms. The molecule has 0 heterocycles. The van der Waals surface area contributed by atoms with Crippen molar-refractivity contribution in [1.29, 1.82) is 0 Å². The third-order valence-corrected chi connectivity index (χ3v) is 3.17. The van der Waals surface area contributed by atoms with Gasteiger partial charge in [0.15, 0.2) is 0 Å². The van der Waals surface area contributed by atoms with Crippen molar-refractivity contribution in [3.8, 4) is 0 Å². The molecule has 1 fully saturated rings. The van der Waals surface area contributed by atoms with Crippen LogP contribution in [0.5, 0.6) is 0 Å². The van der Waals surface area contributed by atoms with E-state index in [4.69, 9.17) is 10.5 Å². The van der Waals surface area contributed by atoms with E-state index in [9.17, 15) is 9.18 Å². The molecule has 0 bridgehead atoms. The Balaban J connectivity index is 2.37. The standard InChI is InChI=1S/C12H14FNO2/c1-16-11(15)12(6-10(14)7-12)8-3-2-4-9(13)5-8/h2-5,10H,6-7,14H2,1H3. The van der Waals surface area contributed by atoms with E-state index in [1.807, 2.05) is 0 Å². The number of benzene rings is 1. The highest BCUT2D eigenvalue weighted by atomic mass is 19.1. The van der Waals surface area contributed by atoms with Gasteiger partial charge >= 0.3 is 5.97 Å². The van der Waals surface area contributed by atoms with Crippen molar-refractivity contribution in [2.24, 2.45) is 5.73 Å². The first-order valence-electron chi connectivity index (χ1n) is 5.18. The second-order valence-corrected chi connectivity index (χ2v) is 4.25. The Hall–Kier alpha value is -1.42. The number of methoxy groups -OCH3 is 1. The lowest BCUT2D eigenvalue weighted by Gasteiger charge is -2.43. The quantitative estimate of drug-likeness (QED) is 0.770. The van der Waals surface area contributed by atoms with E-state index in [-0.39, 0.29) is 17.8 Å². The molecule has 1 aromatic carbocycles. The summed E-state index contributed by atoms with van der Waals surface area (Å²) in [6.45, 7) is 0. The van der Waals surface area contributed by atoms with Gasteiger partial charge in [0.1, 0.15) is 5.82 Å². The van der Waals surface area contributed by atoms with Gasteiger partial charge in [0, 0.05) is 6.04 Å². The zero-order valence-corrected chi connectivity index (χ0v) is 9.07. The van der Waals surface area contributed by atoms with Gasteiger partial charge in [0.25, 0.3) is 0 Å². The van der Waals surface area contributed by atoms with Gasteiger partial charge in [-0.05, 0) is 30.5 Å². The van der Waals surface area contributed by atoms with Gasteiger partial charge in [0.05, 0.1) is 12.5 Å². The monoisotopic (exact) mass is 223 g/mol. The van der Waals surface area contributed by atoms with E-state index < -0.39 is 5.41 Å². The second kappa shape index (κ2) is 3.87. The maximum atomic E-state index is 13.1. The van der Waals surface area contributed by atoms with Crippen LogP contribution in [-0.4, -0.2) is 19.1 Å². The van der Waals surface area contributed by atoms with E-state index >= 15 is 0 Å². The number of rotatable bonds is 2. The van der Waals surface area contributed by atoms with Crippen LogP contribution in [0.2, 0.25) is 0 Å². The molecule has 16 heavy (non-hydrogen) atoms. The van der Waals surface area contributed by atoms with Crippen LogP contribution in [0, 0.1) is 5.82 Å². The number of ether oxygens (including phenoxy) is 1. The highest BCUT2D eigenvalue weighted by molar-refractivity contribution is 5.84. The van der Waals surface area contributed by atoms with Gasteiger partial charge in [-0.25, -0.2) is 4.39 Å². The van der Waals surface area contributed by atoms with Crippen molar-refractivity contribution >= 4 is 5.97 Å². The van der Waals surface area contributed by atoms with Crippen molar-refractivity contribution in [2.45, 2.75) is 24.3 Å². The van der Waals surface area contributed by atoms with Crippen LogP contribution in [0.25, 0.3) is 0 Å². The Morgan fingerprint density at radius 2 is 2.25 bits per heavy atom. The van der Waals surface area contributed by atoms with Gasteiger partial charge in [-0.1, -0.05) is 12.1 Å². The molecule has 0 unspecified atom stereocenters. The number of carbonyl (C=O) groups excluding carboxylic acids is 1. The molecule has 3 nitrogen and oxygen atoms in total. The maximum absolute atomic E-state index is 13.1. The number of hydrogen-bond acceptors (Lipinski definition) is 3. The van der Waals surface area contributed by atoms with E-state index in [0.29, 0.717) is 18.4 Å². The number of halogens is 1. The first-order valence-corrected chi connectivity index (χ1v) is 5.18. The van der Waals surface area contributed by atoms with E-state index in [1.165, 1.54) is 19.2 Å². The third kappa shape index (κ3) is 1.59. The molecule has 1 aliphatic rings. The molecule has 2 rings (SSSR count). The van der Waals surface area contributed by atoms with Crippen LogP contribution < -0.4 is 5.73 Å². The minimum atomic E-state index is -0.740. The molecule has 0 amide bonds. The molecule has 0 radical (unpaired) electrons. The molecule has 1 aliphatic carbocycles. The Bertz CT molecular complexity index is 413. The van der Waals surface area contributed by atoms with E-state index in [0.717, 1.165) is 0 Å². The molecule has 0 spiro atoms. The summed E-state index contributed by atoms with van der Waals surface area (Å²) in [6.07, 6.45) is 1.03. The Labute approximate surface area is 93.4 Å². The van der Waals surface area contributed by atoms with Crippen molar-refractivity contribution in [3.63, 3.8) is 0 Å². The zero-order valence-electron chi connectivity index (χ0n) is 9.07. The summed E-state index contributed by atoms with van der Waals surface area (Å²) in [7, 11) is 1.34. The number of nitrogens with two attached hydrogens (primary N) is 1. The molecule has 1 saturated carbocycles. The first kappa shape index (κ1) is 11.1. The summed E-state index contributed by atoms with van der Waals surface area (Å²) in [4.78, 5) is 11.8. The molecule has 0 aromatic heterocycles. The Kier molecular flexibility index (Phi) is 2.68. The highest BCUT2D eigenvalue weighted by Gasteiger charge is 2.51. The first-order chi connectivity index (χ1) is 7.58. The lowest BCUT2D eigenvalue weighted by molar-refractivity contribution is -0.152. The van der Waals surface area contributed by atoms with E-state index in [1.54, 1.807) is 12.1 Å². The van der Waals surface area contributed by atoms with Gasteiger partial charge in [-0.3, -0.25) is 4.79 Å². The summed E-state index contributed by atoms with van der Waals surface area (Å²) in [5.74, 6) is -0.680. The van der Waals surface area contributed by atoms with Crippen LogP contribution in [-0.2, 0) is 14.9 Å². The third-order valence-electron chi connectivity index (χ3n) is 3.17. The van der Waals surface area contributed by atoms with Crippen molar-refractivity contribution < 1.29 is 13.9 Å². The fourth-order valence-corrected chi connectivity index (χ4v) is 2.34. The summed E-state index contributed by atoms with van der Waals surface area (Å²) in [5, 5.41) is 0. The summed E-state index contributed by atoms with van der Waals surface area (Å²) in [5.41, 5.74) is 5.63. The molecular formula is C12H14FNO2. The molecule has 0 saturated heterocycles. The Morgan fingerprint density at radius 1 is 1.56 bits per heavy atom. The van der Waals surface area contributed by atoms with Crippen LogP contribution >= 0.6 is 0 Å². The fraction of sp³-hybridized carbons (Fsp3) is 0.417. The molecule has 2 N–H and O–H groups in total. The average Bonchev–Trinajstić information content (AvgIpc) is 2.23. The summed E-state index contributed by atoms with van der Waals surface area (Å²) in [6, 6.07) is 6.06. The molecule has 86 valence electrons. The minimum absolute atomic E-state index is 0.0117. The average molecular weight is 223 g/mol. The minimum Gasteiger partial charge on any atom is -0.468 e. The second-order valence-electron chi connectivity index (χ2n) is 4.25. The topological polar surface area (TPSA) is 52.3 Å². The van der Waals surface area contributed by atoms with Crippen LogP contribution in [0.1, 0.15) is 18.4 Å². The van der Waals surface area contributed by atoms with Crippen molar-refractivity contribution in [2.75, 3.05) is 7.11 Å². The van der Waals surface area contributed by atoms with Gasteiger partial charge in [-0.15, -0.1) is 0 Å². The number of hydrogen-bond donors (Lipinski definition) is 1. The zero-order chi connectivity index (χ0) is 11.8. The molecular weight excluding hydrogens is 209 g/mol. The van der Waals surface area contributed by atoms with E-state index in [2.05, 4.69) is 0 Å². The van der Waals surface area contributed by atoms with Gasteiger partial charge in [0.2, 0.25) is 0 Å². The SMILES string of the molecule is COC(=O)C1(c2cccc(F)c2)CC(N)C1. The Morgan fingerprint density at radius 3 is 2.75 bits per heavy atom. The number of carbonyl (C=O) groups is 1. The fourth-order valence-electron chi connectivity index (χ4n) is 2.34. The normalized spacial score (nSPS) is 28.3. The highest BCUT2D eigenvalue weighted by Crippen LogP contribution is 2.44. The summed E-state index contributed by atoms with van der Waals surface area (Å²) >= 11 is 0. The smallest absolute Gasteiger partial charge is 0.316 e. The predicted molar refractivity (Wildman–Crippen MR) is 57.3 cm³/mol.